The second-order valence-corrected chi connectivity index (χ2v) is 5.10. The molecule has 16 heavy (non-hydrogen) atoms. The molecule has 88 valence electrons. The molecule has 1 fully saturated rings. The van der Waals surface area contributed by atoms with E-state index in [4.69, 9.17) is 11.6 Å². The van der Waals surface area contributed by atoms with Crippen LogP contribution in [0.3, 0.4) is 0 Å². The first-order chi connectivity index (χ1) is 7.66. The summed E-state index contributed by atoms with van der Waals surface area (Å²) in [7, 11) is 4.33. The average molecular weight is 239 g/mol. The second kappa shape index (κ2) is 5.07. The van der Waals surface area contributed by atoms with Gasteiger partial charge < -0.3 is 9.80 Å². The summed E-state index contributed by atoms with van der Waals surface area (Å²) >= 11 is 6.01. The van der Waals surface area contributed by atoms with Gasteiger partial charge in [-0.2, -0.15) is 0 Å². The molecule has 0 saturated carbocycles. The summed E-state index contributed by atoms with van der Waals surface area (Å²) in [5.41, 5.74) is 1.25. The first-order valence-corrected chi connectivity index (χ1v) is 6.21. The monoisotopic (exact) mass is 238 g/mol. The molecule has 0 radical (unpaired) electrons. The quantitative estimate of drug-likeness (QED) is 0.782. The maximum absolute atomic E-state index is 6.01. The molecule has 0 amide bonds. The van der Waals surface area contributed by atoms with E-state index in [0.717, 1.165) is 24.2 Å². The van der Waals surface area contributed by atoms with Gasteiger partial charge in [-0.3, -0.25) is 0 Å². The van der Waals surface area contributed by atoms with E-state index in [1.54, 1.807) is 0 Å². The Hall–Kier alpha value is -0.730. The largest absolute Gasteiger partial charge is 0.371 e. The topological polar surface area (TPSA) is 6.48 Å². The zero-order valence-corrected chi connectivity index (χ0v) is 10.7. The predicted molar refractivity (Wildman–Crippen MR) is 70.4 cm³/mol. The number of piperidine rings is 1. The lowest BCUT2D eigenvalue weighted by Crippen LogP contribution is -2.41. The smallest absolute Gasteiger partial charge is 0.0426 e. The molecule has 2 rings (SSSR count). The van der Waals surface area contributed by atoms with Gasteiger partial charge in [-0.25, -0.2) is 0 Å². The normalized spacial score (nSPS) is 18.1. The van der Waals surface area contributed by atoms with Gasteiger partial charge in [0.05, 0.1) is 0 Å². The standard InChI is InChI=1S/C13H19ClN2/c1-15(2)12-6-8-16(9-7-12)13-5-3-4-11(14)10-13/h3-5,10,12H,6-9H2,1-2H3. The fourth-order valence-electron chi connectivity index (χ4n) is 2.31. The van der Waals surface area contributed by atoms with Gasteiger partial charge in [-0.05, 0) is 45.1 Å². The zero-order chi connectivity index (χ0) is 11.5. The Morgan fingerprint density at radius 3 is 2.50 bits per heavy atom. The van der Waals surface area contributed by atoms with E-state index in [9.17, 15) is 0 Å². The molecule has 0 spiro atoms. The molecule has 0 unspecified atom stereocenters. The summed E-state index contributed by atoms with van der Waals surface area (Å²) in [6, 6.07) is 8.88. The number of hydrogen-bond donors (Lipinski definition) is 0. The number of rotatable bonds is 2. The Balaban J connectivity index is 1.99. The van der Waals surface area contributed by atoms with E-state index in [0.29, 0.717) is 0 Å². The second-order valence-electron chi connectivity index (χ2n) is 4.66. The van der Waals surface area contributed by atoms with Gasteiger partial charge in [0.1, 0.15) is 0 Å². The molecule has 0 aliphatic carbocycles. The molecule has 1 heterocycles. The number of benzene rings is 1. The van der Waals surface area contributed by atoms with Crippen molar-refractivity contribution in [2.24, 2.45) is 0 Å². The van der Waals surface area contributed by atoms with Crippen LogP contribution in [0.2, 0.25) is 5.02 Å². The Bertz CT molecular complexity index is 344. The van der Waals surface area contributed by atoms with Crippen molar-refractivity contribution < 1.29 is 0 Å². The molecule has 0 N–H and O–H groups in total. The van der Waals surface area contributed by atoms with Gasteiger partial charge in [0.15, 0.2) is 0 Å². The minimum atomic E-state index is 0.732. The first kappa shape index (κ1) is 11.7. The molecule has 0 bridgehead atoms. The van der Waals surface area contributed by atoms with Crippen LogP contribution in [0, 0.1) is 0 Å². The highest BCUT2D eigenvalue weighted by atomic mass is 35.5. The fourth-order valence-corrected chi connectivity index (χ4v) is 2.50. The molecule has 0 aromatic heterocycles. The van der Waals surface area contributed by atoms with E-state index >= 15 is 0 Å². The SMILES string of the molecule is CN(C)C1CCN(c2cccc(Cl)c2)CC1. The molecule has 1 aliphatic heterocycles. The van der Waals surface area contributed by atoms with Crippen molar-refractivity contribution in [3.8, 4) is 0 Å². The number of hydrogen-bond acceptors (Lipinski definition) is 2. The van der Waals surface area contributed by atoms with Crippen molar-refractivity contribution in [3.63, 3.8) is 0 Å². The van der Waals surface area contributed by atoms with E-state index in [1.807, 2.05) is 12.1 Å². The van der Waals surface area contributed by atoms with Crippen LogP contribution < -0.4 is 4.90 Å². The van der Waals surface area contributed by atoms with Crippen molar-refractivity contribution >= 4 is 17.3 Å². The van der Waals surface area contributed by atoms with Crippen LogP contribution in [-0.2, 0) is 0 Å². The highest BCUT2D eigenvalue weighted by Gasteiger charge is 2.20. The number of nitrogens with zero attached hydrogens (tertiary/aromatic N) is 2. The van der Waals surface area contributed by atoms with Gasteiger partial charge in [0.25, 0.3) is 0 Å². The fraction of sp³-hybridized carbons (Fsp3) is 0.538. The predicted octanol–water partition coefficient (Wildman–Crippen LogP) is 2.87. The third-order valence-corrected chi connectivity index (χ3v) is 3.60. The number of anilines is 1. The lowest BCUT2D eigenvalue weighted by molar-refractivity contribution is 0.249. The Morgan fingerprint density at radius 2 is 1.94 bits per heavy atom. The van der Waals surface area contributed by atoms with E-state index < -0.39 is 0 Å². The molecule has 1 aromatic rings. The van der Waals surface area contributed by atoms with Gasteiger partial charge >= 0.3 is 0 Å². The molecule has 1 aliphatic rings. The van der Waals surface area contributed by atoms with Crippen molar-refractivity contribution in [2.75, 3.05) is 32.1 Å². The van der Waals surface area contributed by atoms with E-state index in [1.165, 1.54) is 18.5 Å². The maximum Gasteiger partial charge on any atom is 0.0426 e. The van der Waals surface area contributed by atoms with Crippen LogP contribution in [0.1, 0.15) is 12.8 Å². The van der Waals surface area contributed by atoms with E-state index in [-0.39, 0.29) is 0 Å². The first-order valence-electron chi connectivity index (χ1n) is 5.84. The Kier molecular flexibility index (Phi) is 3.72. The van der Waals surface area contributed by atoms with Crippen LogP contribution in [0.4, 0.5) is 5.69 Å². The molecular formula is C13H19ClN2. The van der Waals surface area contributed by atoms with Gasteiger partial charge in [0, 0.05) is 29.8 Å². The molecule has 1 saturated heterocycles. The molecule has 3 heteroatoms. The molecule has 1 aromatic carbocycles. The van der Waals surface area contributed by atoms with Crippen LogP contribution in [0.15, 0.2) is 24.3 Å². The third kappa shape index (κ3) is 2.69. The molecular weight excluding hydrogens is 220 g/mol. The highest BCUT2D eigenvalue weighted by Crippen LogP contribution is 2.24. The maximum atomic E-state index is 6.01. The summed E-state index contributed by atoms with van der Waals surface area (Å²) in [6.45, 7) is 2.26. The summed E-state index contributed by atoms with van der Waals surface area (Å²) in [5.74, 6) is 0. The Morgan fingerprint density at radius 1 is 1.25 bits per heavy atom. The van der Waals surface area contributed by atoms with Gasteiger partial charge in [-0.15, -0.1) is 0 Å². The lowest BCUT2D eigenvalue weighted by atomic mass is 10.0. The van der Waals surface area contributed by atoms with Gasteiger partial charge in [0.2, 0.25) is 0 Å². The highest BCUT2D eigenvalue weighted by molar-refractivity contribution is 6.30. The summed E-state index contributed by atoms with van der Waals surface area (Å²) in [4.78, 5) is 4.75. The third-order valence-electron chi connectivity index (χ3n) is 3.37. The molecule has 0 atom stereocenters. The van der Waals surface area contributed by atoms with Gasteiger partial charge in [-0.1, -0.05) is 17.7 Å². The van der Waals surface area contributed by atoms with Crippen LogP contribution >= 0.6 is 11.6 Å². The van der Waals surface area contributed by atoms with Crippen molar-refractivity contribution in [1.29, 1.82) is 0 Å². The van der Waals surface area contributed by atoms with Crippen molar-refractivity contribution in [2.45, 2.75) is 18.9 Å². The molecule has 2 nitrogen and oxygen atoms in total. The number of halogens is 1. The average Bonchev–Trinajstić information content (AvgIpc) is 2.29. The summed E-state index contributed by atoms with van der Waals surface area (Å²) < 4.78 is 0. The minimum absolute atomic E-state index is 0.732. The lowest BCUT2D eigenvalue weighted by Gasteiger charge is -2.36. The van der Waals surface area contributed by atoms with Crippen LogP contribution in [-0.4, -0.2) is 38.1 Å². The zero-order valence-electron chi connectivity index (χ0n) is 9.99. The summed E-state index contributed by atoms with van der Waals surface area (Å²) in [5, 5.41) is 0.826. The van der Waals surface area contributed by atoms with Crippen molar-refractivity contribution in [3.05, 3.63) is 29.3 Å². The van der Waals surface area contributed by atoms with Crippen LogP contribution in [0.25, 0.3) is 0 Å². The summed E-state index contributed by atoms with van der Waals surface area (Å²) in [6.07, 6.45) is 2.47. The van der Waals surface area contributed by atoms with E-state index in [2.05, 4.69) is 36.0 Å². The minimum Gasteiger partial charge on any atom is -0.371 e. The van der Waals surface area contributed by atoms with Crippen molar-refractivity contribution in [1.82, 2.24) is 4.90 Å². The Labute approximate surface area is 103 Å². The van der Waals surface area contributed by atoms with Crippen LogP contribution in [0.5, 0.6) is 0 Å².